The number of aromatic nitrogens is 2. The second-order valence-corrected chi connectivity index (χ2v) is 6.19. The number of aromatic carboxylic acids is 1. The van der Waals surface area contributed by atoms with Crippen LogP contribution in [0.3, 0.4) is 0 Å². The molecule has 0 radical (unpaired) electrons. The van der Waals surface area contributed by atoms with E-state index in [1.807, 2.05) is 6.07 Å². The summed E-state index contributed by atoms with van der Waals surface area (Å²) in [5.41, 5.74) is 1.87. The number of nitrogens with zero attached hydrogens (tertiary/aromatic N) is 2. The molecule has 2 aromatic rings. The van der Waals surface area contributed by atoms with Crippen LogP contribution >= 0.6 is 0 Å². The largest absolute Gasteiger partial charge is 0.478 e. The molecule has 1 N–H and O–H groups in total. The summed E-state index contributed by atoms with van der Waals surface area (Å²) in [6, 6.07) is 5.11. The number of rotatable bonds is 5. The van der Waals surface area contributed by atoms with Crippen molar-refractivity contribution in [1.29, 1.82) is 0 Å². The topological polar surface area (TPSA) is 64.4 Å². The lowest BCUT2D eigenvalue weighted by atomic mass is 9.95. The Labute approximate surface area is 124 Å². The van der Waals surface area contributed by atoms with Crippen LogP contribution in [0.4, 0.5) is 0 Å². The highest BCUT2D eigenvalue weighted by molar-refractivity contribution is 5.92. The zero-order valence-corrected chi connectivity index (χ0v) is 13.0. The van der Waals surface area contributed by atoms with E-state index < -0.39 is 5.97 Å². The van der Waals surface area contributed by atoms with Crippen LogP contribution < -0.4 is 0 Å². The first-order chi connectivity index (χ1) is 9.84. The molecule has 5 heteroatoms. The summed E-state index contributed by atoms with van der Waals surface area (Å²) in [5.74, 6) is 0.0410. The summed E-state index contributed by atoms with van der Waals surface area (Å²) in [5, 5.41) is 9.10. The maximum absolute atomic E-state index is 11.1. The fourth-order valence-electron chi connectivity index (χ4n) is 2.43. The van der Waals surface area contributed by atoms with Gasteiger partial charge in [0.25, 0.3) is 0 Å². The minimum atomic E-state index is -0.928. The molecule has 0 saturated carbocycles. The van der Waals surface area contributed by atoms with E-state index in [1.54, 1.807) is 19.2 Å². The number of carbonyl (C=O) groups is 1. The molecule has 0 saturated heterocycles. The third kappa shape index (κ3) is 3.24. The monoisotopic (exact) mass is 290 g/mol. The molecule has 0 unspecified atom stereocenters. The lowest BCUT2D eigenvalue weighted by molar-refractivity contribution is 0.0697. The Bertz CT molecular complexity index is 653. The molecule has 0 aliphatic rings. The third-order valence-corrected chi connectivity index (χ3v) is 3.40. The van der Waals surface area contributed by atoms with Crippen LogP contribution in [0.1, 0.15) is 43.4 Å². The van der Waals surface area contributed by atoms with Crippen LogP contribution in [0, 0.1) is 0 Å². The standard InChI is InChI=1S/C16H22N2O3/c1-16(2,3)15-17-12-10-11(14(19)20)6-7-13(12)18(15)8-5-9-21-4/h6-7,10H,5,8-9H2,1-4H3,(H,19,20). The van der Waals surface area contributed by atoms with E-state index in [9.17, 15) is 4.79 Å². The average Bonchev–Trinajstić information content (AvgIpc) is 2.77. The summed E-state index contributed by atoms with van der Waals surface area (Å²) < 4.78 is 7.28. The second kappa shape index (κ2) is 5.85. The van der Waals surface area contributed by atoms with Crippen molar-refractivity contribution in [2.45, 2.75) is 39.2 Å². The molecule has 0 bridgehead atoms. The number of aryl methyl sites for hydroxylation is 1. The summed E-state index contributed by atoms with van der Waals surface area (Å²) in [4.78, 5) is 15.8. The molecule has 0 aliphatic heterocycles. The highest BCUT2D eigenvalue weighted by Crippen LogP contribution is 2.27. The molecule has 21 heavy (non-hydrogen) atoms. The van der Waals surface area contributed by atoms with E-state index in [1.165, 1.54) is 0 Å². The molecular formula is C16H22N2O3. The van der Waals surface area contributed by atoms with Crippen LogP contribution in [0.2, 0.25) is 0 Å². The minimum Gasteiger partial charge on any atom is -0.478 e. The van der Waals surface area contributed by atoms with Gasteiger partial charge in [-0.05, 0) is 24.6 Å². The van der Waals surface area contributed by atoms with Crippen LogP contribution in [0.15, 0.2) is 18.2 Å². The van der Waals surface area contributed by atoms with Crippen molar-refractivity contribution < 1.29 is 14.6 Å². The summed E-state index contributed by atoms with van der Waals surface area (Å²) in [6.45, 7) is 7.83. The average molecular weight is 290 g/mol. The van der Waals surface area contributed by atoms with Crippen molar-refractivity contribution in [3.63, 3.8) is 0 Å². The van der Waals surface area contributed by atoms with Gasteiger partial charge in [-0.15, -0.1) is 0 Å². The summed E-state index contributed by atoms with van der Waals surface area (Å²) in [6.07, 6.45) is 0.895. The molecule has 0 aliphatic carbocycles. The van der Waals surface area contributed by atoms with Crippen LogP contribution in [-0.4, -0.2) is 34.3 Å². The number of hydrogen-bond acceptors (Lipinski definition) is 3. The van der Waals surface area contributed by atoms with Crippen molar-refractivity contribution in [1.82, 2.24) is 9.55 Å². The molecule has 1 aromatic carbocycles. The highest BCUT2D eigenvalue weighted by atomic mass is 16.5. The molecule has 0 fully saturated rings. The van der Waals surface area contributed by atoms with Gasteiger partial charge in [0, 0.05) is 25.7 Å². The molecule has 0 amide bonds. The predicted octanol–water partition coefficient (Wildman–Crippen LogP) is 3.07. The van der Waals surface area contributed by atoms with E-state index in [0.29, 0.717) is 6.61 Å². The number of methoxy groups -OCH3 is 1. The molecular weight excluding hydrogens is 268 g/mol. The Kier molecular flexibility index (Phi) is 4.32. The zero-order valence-electron chi connectivity index (χ0n) is 13.0. The van der Waals surface area contributed by atoms with Crippen molar-refractivity contribution in [2.75, 3.05) is 13.7 Å². The fraction of sp³-hybridized carbons (Fsp3) is 0.500. The van der Waals surface area contributed by atoms with E-state index in [2.05, 4.69) is 30.3 Å². The Morgan fingerprint density at radius 3 is 2.67 bits per heavy atom. The quantitative estimate of drug-likeness (QED) is 0.860. The van der Waals surface area contributed by atoms with E-state index >= 15 is 0 Å². The Morgan fingerprint density at radius 2 is 2.10 bits per heavy atom. The lowest BCUT2D eigenvalue weighted by Gasteiger charge is -2.20. The number of fused-ring (bicyclic) bond motifs is 1. The molecule has 1 heterocycles. The van der Waals surface area contributed by atoms with Crippen molar-refractivity contribution in [2.24, 2.45) is 0 Å². The molecule has 1 aromatic heterocycles. The fourth-order valence-corrected chi connectivity index (χ4v) is 2.43. The second-order valence-electron chi connectivity index (χ2n) is 6.19. The SMILES string of the molecule is COCCCn1c(C(C)(C)C)nc2cc(C(=O)O)ccc21. The normalized spacial score (nSPS) is 12.0. The Balaban J connectivity index is 2.53. The van der Waals surface area contributed by atoms with Crippen molar-refractivity contribution in [3.8, 4) is 0 Å². The lowest BCUT2D eigenvalue weighted by Crippen LogP contribution is -2.19. The summed E-state index contributed by atoms with van der Waals surface area (Å²) >= 11 is 0. The van der Waals surface area contributed by atoms with E-state index in [-0.39, 0.29) is 11.0 Å². The van der Waals surface area contributed by atoms with E-state index in [0.717, 1.165) is 29.8 Å². The number of benzene rings is 1. The van der Waals surface area contributed by atoms with Gasteiger partial charge in [-0.3, -0.25) is 0 Å². The molecule has 5 nitrogen and oxygen atoms in total. The van der Waals surface area contributed by atoms with Crippen molar-refractivity contribution >= 4 is 17.0 Å². The van der Waals surface area contributed by atoms with Crippen LogP contribution in [0.25, 0.3) is 11.0 Å². The van der Waals surface area contributed by atoms with Crippen molar-refractivity contribution in [3.05, 3.63) is 29.6 Å². The smallest absolute Gasteiger partial charge is 0.335 e. The first-order valence-electron chi connectivity index (χ1n) is 7.07. The van der Waals surface area contributed by atoms with Gasteiger partial charge in [0.1, 0.15) is 5.82 Å². The van der Waals surface area contributed by atoms with Gasteiger partial charge in [-0.1, -0.05) is 20.8 Å². The Hall–Kier alpha value is -1.88. The zero-order chi connectivity index (χ0) is 15.6. The van der Waals surface area contributed by atoms with Gasteiger partial charge < -0.3 is 14.4 Å². The third-order valence-electron chi connectivity index (χ3n) is 3.40. The first-order valence-corrected chi connectivity index (χ1v) is 7.07. The summed E-state index contributed by atoms with van der Waals surface area (Å²) in [7, 11) is 1.69. The maximum atomic E-state index is 11.1. The number of carboxylic acid groups (broad SMARTS) is 1. The molecule has 0 atom stereocenters. The number of hydrogen-bond donors (Lipinski definition) is 1. The highest BCUT2D eigenvalue weighted by Gasteiger charge is 2.23. The van der Waals surface area contributed by atoms with Crippen LogP contribution in [-0.2, 0) is 16.7 Å². The minimum absolute atomic E-state index is 0.102. The van der Waals surface area contributed by atoms with Crippen LogP contribution in [0.5, 0.6) is 0 Å². The number of carboxylic acids is 1. The molecule has 114 valence electrons. The predicted molar refractivity (Wildman–Crippen MR) is 81.9 cm³/mol. The van der Waals surface area contributed by atoms with Gasteiger partial charge >= 0.3 is 5.97 Å². The molecule has 2 rings (SSSR count). The number of imidazole rings is 1. The van der Waals surface area contributed by atoms with Gasteiger partial charge in [0.05, 0.1) is 16.6 Å². The van der Waals surface area contributed by atoms with Gasteiger partial charge in [0.15, 0.2) is 0 Å². The van der Waals surface area contributed by atoms with E-state index in [4.69, 9.17) is 9.84 Å². The first kappa shape index (κ1) is 15.5. The van der Waals surface area contributed by atoms with Gasteiger partial charge in [-0.2, -0.15) is 0 Å². The maximum Gasteiger partial charge on any atom is 0.335 e. The van der Waals surface area contributed by atoms with Gasteiger partial charge in [0.2, 0.25) is 0 Å². The number of ether oxygens (including phenoxy) is 1. The van der Waals surface area contributed by atoms with Gasteiger partial charge in [-0.25, -0.2) is 9.78 Å². The Morgan fingerprint density at radius 1 is 1.38 bits per heavy atom. The molecule has 0 spiro atoms.